The fourth-order valence-corrected chi connectivity index (χ4v) is 4.84. The second-order valence-electron chi connectivity index (χ2n) is 8.20. The van der Waals surface area contributed by atoms with E-state index < -0.39 is 0 Å². The van der Waals surface area contributed by atoms with E-state index in [-0.39, 0.29) is 17.4 Å². The maximum Gasteiger partial charge on any atom is 0.228 e. The summed E-state index contributed by atoms with van der Waals surface area (Å²) in [5.74, 6) is 0.191. The van der Waals surface area contributed by atoms with Gasteiger partial charge in [-0.3, -0.25) is 14.7 Å². The number of amides is 1. The van der Waals surface area contributed by atoms with Crippen LogP contribution in [0.4, 0.5) is 0 Å². The Labute approximate surface area is 165 Å². The van der Waals surface area contributed by atoms with Gasteiger partial charge in [-0.1, -0.05) is 48.5 Å². The number of hydrogen-bond donors (Lipinski definition) is 1. The standard InChI is InChI=1S/C24H25N3O/c28-23-21(18-6-2-1-3-7-18)16-24(26-23)11-14-27(15-12-24)17-19-10-13-25-22-9-5-4-8-20(19)22/h1-10,13,21H,11-12,14-17H2,(H,26,28)/t21-/m0/s1. The fourth-order valence-electron chi connectivity index (χ4n) is 4.84. The Morgan fingerprint density at radius 1 is 1.00 bits per heavy atom. The van der Waals surface area contributed by atoms with Gasteiger partial charge in [-0.2, -0.15) is 0 Å². The molecular formula is C24H25N3O. The summed E-state index contributed by atoms with van der Waals surface area (Å²) in [5.41, 5.74) is 3.50. The second kappa shape index (κ2) is 7.02. The number of benzene rings is 2. The summed E-state index contributed by atoms with van der Waals surface area (Å²) >= 11 is 0. The lowest BCUT2D eigenvalue weighted by atomic mass is 9.82. The number of piperidine rings is 1. The number of nitrogens with one attached hydrogen (secondary N) is 1. The summed E-state index contributed by atoms with van der Waals surface area (Å²) in [4.78, 5) is 19.6. The molecule has 2 aromatic carbocycles. The molecule has 1 amide bonds. The molecule has 0 saturated carbocycles. The van der Waals surface area contributed by atoms with Gasteiger partial charge in [0.15, 0.2) is 0 Å². The number of pyridine rings is 1. The minimum absolute atomic E-state index is 0.00288. The van der Waals surface area contributed by atoms with Crippen molar-refractivity contribution in [1.82, 2.24) is 15.2 Å². The highest BCUT2D eigenvalue weighted by Gasteiger charge is 2.46. The van der Waals surface area contributed by atoms with Crippen molar-refractivity contribution in [3.8, 4) is 0 Å². The molecule has 0 aliphatic carbocycles. The number of hydrogen-bond acceptors (Lipinski definition) is 3. The summed E-state index contributed by atoms with van der Waals surface area (Å²) < 4.78 is 0. The van der Waals surface area contributed by atoms with Gasteiger partial charge in [-0.15, -0.1) is 0 Å². The predicted octanol–water partition coefficient (Wildman–Crippen LogP) is 3.87. The fraction of sp³-hybridized carbons (Fsp3) is 0.333. The van der Waals surface area contributed by atoms with E-state index in [1.165, 1.54) is 10.9 Å². The van der Waals surface area contributed by atoms with E-state index in [2.05, 4.69) is 51.6 Å². The maximum absolute atomic E-state index is 12.6. The minimum Gasteiger partial charge on any atom is -0.350 e. The van der Waals surface area contributed by atoms with E-state index in [1.807, 2.05) is 30.5 Å². The van der Waals surface area contributed by atoms with E-state index in [0.717, 1.165) is 50.0 Å². The molecule has 2 fully saturated rings. The first-order valence-electron chi connectivity index (χ1n) is 10.1. The molecule has 2 saturated heterocycles. The van der Waals surface area contributed by atoms with Crippen molar-refractivity contribution in [1.29, 1.82) is 0 Å². The third kappa shape index (κ3) is 3.18. The Morgan fingerprint density at radius 2 is 1.75 bits per heavy atom. The second-order valence-corrected chi connectivity index (χ2v) is 8.20. The van der Waals surface area contributed by atoms with Crippen LogP contribution in [0.1, 0.15) is 36.3 Å². The zero-order chi connectivity index (χ0) is 19.0. The van der Waals surface area contributed by atoms with Crippen LogP contribution in [0.25, 0.3) is 10.9 Å². The number of fused-ring (bicyclic) bond motifs is 1. The average Bonchev–Trinajstić information content (AvgIpc) is 3.07. The summed E-state index contributed by atoms with van der Waals surface area (Å²) in [6, 6.07) is 20.7. The first kappa shape index (κ1) is 17.4. The summed E-state index contributed by atoms with van der Waals surface area (Å²) in [6.45, 7) is 2.96. The summed E-state index contributed by atoms with van der Waals surface area (Å²) in [6.07, 6.45) is 4.86. The molecule has 4 nitrogen and oxygen atoms in total. The average molecular weight is 371 g/mol. The van der Waals surface area contributed by atoms with Gasteiger partial charge >= 0.3 is 0 Å². The normalized spacial score (nSPS) is 21.9. The van der Waals surface area contributed by atoms with Crippen molar-refractivity contribution < 1.29 is 4.79 Å². The van der Waals surface area contributed by atoms with Crippen LogP contribution in [0.15, 0.2) is 66.9 Å². The molecule has 2 aliphatic heterocycles. The SMILES string of the molecule is O=C1NC2(CCN(Cc3ccnc4ccccc34)CC2)C[C@H]1c1ccccc1. The van der Waals surface area contributed by atoms with Crippen LogP contribution in [-0.4, -0.2) is 34.4 Å². The van der Waals surface area contributed by atoms with Gasteiger partial charge in [-0.25, -0.2) is 0 Å². The highest BCUT2D eigenvalue weighted by molar-refractivity contribution is 5.87. The van der Waals surface area contributed by atoms with Crippen molar-refractivity contribution in [3.05, 3.63) is 78.0 Å². The molecular weight excluding hydrogens is 346 g/mol. The first-order valence-corrected chi connectivity index (χ1v) is 10.1. The molecule has 0 radical (unpaired) electrons. The van der Waals surface area contributed by atoms with Gasteiger partial charge in [-0.05, 0) is 42.5 Å². The molecule has 1 N–H and O–H groups in total. The smallest absolute Gasteiger partial charge is 0.228 e. The minimum atomic E-state index is -0.0333. The van der Waals surface area contributed by atoms with E-state index >= 15 is 0 Å². The van der Waals surface area contributed by atoms with Crippen molar-refractivity contribution in [2.45, 2.75) is 37.3 Å². The molecule has 3 heterocycles. The zero-order valence-electron chi connectivity index (χ0n) is 16.0. The number of rotatable bonds is 3. The number of carbonyl (C=O) groups is 1. The largest absolute Gasteiger partial charge is 0.350 e. The van der Waals surface area contributed by atoms with Gasteiger partial charge in [0, 0.05) is 36.8 Å². The lowest BCUT2D eigenvalue weighted by molar-refractivity contribution is -0.121. The third-order valence-electron chi connectivity index (χ3n) is 6.45. The number of carbonyl (C=O) groups excluding carboxylic acids is 1. The van der Waals surface area contributed by atoms with Crippen LogP contribution < -0.4 is 5.32 Å². The Hall–Kier alpha value is -2.72. The van der Waals surface area contributed by atoms with Crippen molar-refractivity contribution in [3.63, 3.8) is 0 Å². The molecule has 1 aromatic heterocycles. The lowest BCUT2D eigenvalue weighted by Crippen LogP contribution is -2.50. The van der Waals surface area contributed by atoms with Crippen molar-refractivity contribution in [2.75, 3.05) is 13.1 Å². The monoisotopic (exact) mass is 371 g/mol. The zero-order valence-corrected chi connectivity index (χ0v) is 16.0. The van der Waals surface area contributed by atoms with Gasteiger partial charge < -0.3 is 5.32 Å². The third-order valence-corrected chi connectivity index (χ3v) is 6.45. The Balaban J connectivity index is 1.27. The lowest BCUT2D eigenvalue weighted by Gasteiger charge is -2.39. The molecule has 2 aliphatic rings. The molecule has 1 atom stereocenters. The van der Waals surface area contributed by atoms with Crippen LogP contribution >= 0.6 is 0 Å². The quantitative estimate of drug-likeness (QED) is 0.760. The van der Waals surface area contributed by atoms with Gasteiger partial charge in [0.25, 0.3) is 0 Å². The van der Waals surface area contributed by atoms with Gasteiger partial charge in [0.2, 0.25) is 5.91 Å². The van der Waals surface area contributed by atoms with Crippen molar-refractivity contribution in [2.24, 2.45) is 0 Å². The first-order chi connectivity index (χ1) is 13.7. The van der Waals surface area contributed by atoms with Crippen LogP contribution in [-0.2, 0) is 11.3 Å². The van der Waals surface area contributed by atoms with Gasteiger partial charge in [0.1, 0.15) is 0 Å². The maximum atomic E-state index is 12.6. The highest BCUT2D eigenvalue weighted by atomic mass is 16.2. The molecule has 3 aromatic rings. The Morgan fingerprint density at radius 3 is 2.57 bits per heavy atom. The van der Waals surface area contributed by atoms with E-state index in [1.54, 1.807) is 0 Å². The Bertz CT molecular complexity index is 988. The van der Waals surface area contributed by atoms with Gasteiger partial charge in [0.05, 0.1) is 11.4 Å². The number of nitrogens with zero attached hydrogens (tertiary/aromatic N) is 2. The van der Waals surface area contributed by atoms with E-state index in [9.17, 15) is 4.79 Å². The van der Waals surface area contributed by atoms with Crippen LogP contribution in [0.3, 0.4) is 0 Å². The topological polar surface area (TPSA) is 45.2 Å². The van der Waals surface area contributed by atoms with Crippen LogP contribution in [0.5, 0.6) is 0 Å². The molecule has 142 valence electrons. The number of para-hydroxylation sites is 1. The summed E-state index contributed by atoms with van der Waals surface area (Å²) in [5, 5.41) is 4.60. The number of aromatic nitrogens is 1. The van der Waals surface area contributed by atoms with Crippen LogP contribution in [0.2, 0.25) is 0 Å². The molecule has 1 spiro atoms. The molecule has 5 rings (SSSR count). The number of likely N-dealkylation sites (tertiary alicyclic amines) is 1. The molecule has 4 heteroatoms. The van der Waals surface area contributed by atoms with E-state index in [4.69, 9.17) is 0 Å². The molecule has 0 unspecified atom stereocenters. The summed E-state index contributed by atoms with van der Waals surface area (Å²) in [7, 11) is 0. The predicted molar refractivity (Wildman–Crippen MR) is 111 cm³/mol. The Kier molecular flexibility index (Phi) is 4.36. The van der Waals surface area contributed by atoms with Crippen LogP contribution in [0, 0.1) is 0 Å². The van der Waals surface area contributed by atoms with E-state index in [0.29, 0.717) is 0 Å². The molecule has 28 heavy (non-hydrogen) atoms. The highest BCUT2D eigenvalue weighted by Crippen LogP contribution is 2.39. The molecule has 0 bridgehead atoms. The van der Waals surface area contributed by atoms with Crippen molar-refractivity contribution >= 4 is 16.8 Å².